The summed E-state index contributed by atoms with van der Waals surface area (Å²) in [5.41, 5.74) is 1.45. The number of aryl methyl sites for hydroxylation is 1. The summed E-state index contributed by atoms with van der Waals surface area (Å²) in [5, 5.41) is 0. The lowest BCUT2D eigenvalue weighted by molar-refractivity contribution is 0.305. The van der Waals surface area contributed by atoms with Crippen molar-refractivity contribution in [3.63, 3.8) is 0 Å². The molecule has 2 rings (SSSR count). The van der Waals surface area contributed by atoms with E-state index in [4.69, 9.17) is 15.4 Å². The first kappa shape index (κ1) is 15.3. The van der Waals surface area contributed by atoms with Crippen molar-refractivity contribution in [2.24, 2.45) is 0 Å². The standard InChI is InChI=1S/C13H11BrClNO3S/c1-9-4-12(2-3-13(9)20(15,17)18)19-8-10-5-11(14)7-16-6-10/h2-7H,8H2,1H3. The Balaban J connectivity index is 2.14. The third-order valence-corrected chi connectivity index (χ3v) is 4.49. The zero-order valence-corrected chi connectivity index (χ0v) is 13.7. The molecule has 4 nitrogen and oxygen atoms in total. The fourth-order valence-corrected chi connectivity index (χ4v) is 3.29. The second-order valence-corrected chi connectivity index (χ2v) is 7.62. The minimum absolute atomic E-state index is 0.0932. The first-order chi connectivity index (χ1) is 9.36. The second-order valence-electron chi connectivity index (χ2n) is 4.17. The number of pyridine rings is 1. The molecule has 0 aliphatic rings. The molecule has 0 atom stereocenters. The maximum Gasteiger partial charge on any atom is 0.261 e. The van der Waals surface area contributed by atoms with Gasteiger partial charge in [0.1, 0.15) is 12.4 Å². The van der Waals surface area contributed by atoms with E-state index < -0.39 is 9.05 Å². The van der Waals surface area contributed by atoms with Crippen LogP contribution in [-0.4, -0.2) is 13.4 Å². The number of ether oxygens (including phenoxy) is 1. The minimum atomic E-state index is -3.72. The third-order valence-electron chi connectivity index (χ3n) is 2.58. The summed E-state index contributed by atoms with van der Waals surface area (Å²) in [6, 6.07) is 6.55. The van der Waals surface area contributed by atoms with E-state index in [2.05, 4.69) is 20.9 Å². The van der Waals surface area contributed by atoms with E-state index in [0.717, 1.165) is 10.0 Å². The largest absolute Gasteiger partial charge is 0.489 e. The average Bonchev–Trinajstić information content (AvgIpc) is 2.35. The number of rotatable bonds is 4. The van der Waals surface area contributed by atoms with E-state index in [0.29, 0.717) is 17.9 Å². The molecule has 7 heteroatoms. The minimum Gasteiger partial charge on any atom is -0.489 e. The van der Waals surface area contributed by atoms with Crippen molar-refractivity contribution >= 4 is 35.7 Å². The summed E-state index contributed by atoms with van der Waals surface area (Å²) in [6.07, 6.45) is 3.39. The number of hydrogen-bond donors (Lipinski definition) is 0. The van der Waals surface area contributed by atoms with Gasteiger partial charge in [-0.1, -0.05) is 0 Å². The number of hydrogen-bond acceptors (Lipinski definition) is 4. The smallest absolute Gasteiger partial charge is 0.261 e. The summed E-state index contributed by atoms with van der Waals surface area (Å²) in [7, 11) is 1.60. The first-order valence-electron chi connectivity index (χ1n) is 5.64. The van der Waals surface area contributed by atoms with Crippen LogP contribution in [-0.2, 0) is 15.7 Å². The summed E-state index contributed by atoms with van der Waals surface area (Å²) < 4.78 is 29.1. The average molecular weight is 377 g/mol. The van der Waals surface area contributed by atoms with Crippen LogP contribution in [0.15, 0.2) is 46.0 Å². The quantitative estimate of drug-likeness (QED) is 0.764. The van der Waals surface area contributed by atoms with Gasteiger partial charge >= 0.3 is 0 Å². The fraction of sp³-hybridized carbons (Fsp3) is 0.154. The van der Waals surface area contributed by atoms with Gasteiger partial charge < -0.3 is 4.74 Å². The maximum atomic E-state index is 11.3. The predicted molar refractivity (Wildman–Crippen MR) is 80.5 cm³/mol. The van der Waals surface area contributed by atoms with Crippen molar-refractivity contribution in [1.82, 2.24) is 4.98 Å². The van der Waals surface area contributed by atoms with Gasteiger partial charge in [-0.05, 0) is 52.7 Å². The lowest BCUT2D eigenvalue weighted by atomic mass is 10.2. The van der Waals surface area contributed by atoms with Crippen LogP contribution in [0, 0.1) is 6.92 Å². The van der Waals surface area contributed by atoms with E-state index in [1.165, 1.54) is 6.07 Å². The number of nitrogens with zero attached hydrogens (tertiary/aromatic N) is 1. The molecule has 2 aromatic rings. The van der Waals surface area contributed by atoms with Gasteiger partial charge in [-0.25, -0.2) is 8.42 Å². The van der Waals surface area contributed by atoms with E-state index in [1.54, 1.807) is 31.5 Å². The molecule has 0 amide bonds. The normalized spacial score (nSPS) is 11.3. The van der Waals surface area contributed by atoms with Crippen molar-refractivity contribution in [3.05, 3.63) is 52.3 Å². The van der Waals surface area contributed by atoms with E-state index in [1.807, 2.05) is 6.07 Å². The fourth-order valence-electron chi connectivity index (χ4n) is 1.69. The topological polar surface area (TPSA) is 56.3 Å². The van der Waals surface area contributed by atoms with Crippen molar-refractivity contribution in [2.75, 3.05) is 0 Å². The highest BCUT2D eigenvalue weighted by atomic mass is 79.9. The Kier molecular flexibility index (Phi) is 4.67. The number of halogens is 2. The third kappa shape index (κ3) is 3.94. The van der Waals surface area contributed by atoms with Crippen LogP contribution >= 0.6 is 26.6 Å². The molecule has 0 unspecified atom stereocenters. The van der Waals surface area contributed by atoms with Crippen LogP contribution in [0.1, 0.15) is 11.1 Å². The summed E-state index contributed by atoms with van der Waals surface area (Å²) in [5.74, 6) is 0.576. The highest BCUT2D eigenvalue weighted by Crippen LogP contribution is 2.24. The first-order valence-corrected chi connectivity index (χ1v) is 8.74. The number of benzene rings is 1. The maximum absolute atomic E-state index is 11.3. The monoisotopic (exact) mass is 375 g/mol. The van der Waals surface area contributed by atoms with Crippen LogP contribution < -0.4 is 4.74 Å². The summed E-state index contributed by atoms with van der Waals surface area (Å²) in [4.78, 5) is 4.13. The van der Waals surface area contributed by atoms with E-state index in [-0.39, 0.29) is 4.90 Å². The Hall–Kier alpha value is -1.11. The van der Waals surface area contributed by atoms with Gasteiger partial charge in [0.05, 0.1) is 4.90 Å². The molecule has 0 aliphatic carbocycles. The van der Waals surface area contributed by atoms with Crippen LogP contribution in [0.4, 0.5) is 0 Å². The highest BCUT2D eigenvalue weighted by Gasteiger charge is 2.13. The molecule has 0 radical (unpaired) electrons. The molecular formula is C13H11BrClNO3S. The molecule has 0 saturated carbocycles. The molecule has 0 bridgehead atoms. The zero-order chi connectivity index (χ0) is 14.8. The van der Waals surface area contributed by atoms with Crippen LogP contribution in [0.2, 0.25) is 0 Å². The molecule has 1 aromatic heterocycles. The van der Waals surface area contributed by atoms with Gasteiger partial charge in [0.2, 0.25) is 0 Å². The molecule has 0 N–H and O–H groups in total. The van der Waals surface area contributed by atoms with Gasteiger partial charge in [0.25, 0.3) is 9.05 Å². The molecule has 20 heavy (non-hydrogen) atoms. The van der Waals surface area contributed by atoms with Crippen LogP contribution in [0.3, 0.4) is 0 Å². The highest BCUT2D eigenvalue weighted by molar-refractivity contribution is 9.10. The van der Waals surface area contributed by atoms with Gasteiger partial charge in [-0.15, -0.1) is 0 Å². The van der Waals surface area contributed by atoms with Gasteiger partial charge in [0, 0.05) is 33.1 Å². The van der Waals surface area contributed by atoms with Crippen LogP contribution in [0.5, 0.6) is 5.75 Å². The Labute approximate surface area is 130 Å². The molecule has 1 aromatic carbocycles. The predicted octanol–water partition coefficient (Wildman–Crippen LogP) is 3.66. The molecule has 0 spiro atoms. The lowest BCUT2D eigenvalue weighted by Crippen LogP contribution is -1.99. The van der Waals surface area contributed by atoms with Crippen LogP contribution in [0.25, 0.3) is 0 Å². The van der Waals surface area contributed by atoms with Gasteiger partial charge in [0.15, 0.2) is 0 Å². The number of aromatic nitrogens is 1. The lowest BCUT2D eigenvalue weighted by Gasteiger charge is -2.09. The second kappa shape index (κ2) is 6.11. The van der Waals surface area contributed by atoms with Crippen molar-refractivity contribution < 1.29 is 13.2 Å². The molecule has 1 heterocycles. The van der Waals surface area contributed by atoms with Gasteiger partial charge in [-0.3, -0.25) is 4.98 Å². The SMILES string of the molecule is Cc1cc(OCc2cncc(Br)c2)ccc1S(=O)(=O)Cl. The Morgan fingerprint density at radius 3 is 2.65 bits per heavy atom. The van der Waals surface area contributed by atoms with E-state index in [9.17, 15) is 8.42 Å². The molecular weight excluding hydrogens is 366 g/mol. The summed E-state index contributed by atoms with van der Waals surface area (Å²) in [6.45, 7) is 2.02. The van der Waals surface area contributed by atoms with Gasteiger partial charge in [-0.2, -0.15) is 0 Å². The van der Waals surface area contributed by atoms with Crippen molar-refractivity contribution in [3.8, 4) is 5.75 Å². The molecule has 0 fully saturated rings. The zero-order valence-electron chi connectivity index (χ0n) is 10.5. The van der Waals surface area contributed by atoms with Crippen molar-refractivity contribution in [2.45, 2.75) is 18.4 Å². The summed E-state index contributed by atoms with van der Waals surface area (Å²) >= 11 is 3.33. The van der Waals surface area contributed by atoms with Crippen molar-refractivity contribution in [1.29, 1.82) is 0 Å². The molecule has 0 saturated heterocycles. The van der Waals surface area contributed by atoms with E-state index >= 15 is 0 Å². The Bertz CT molecular complexity index is 734. The molecule has 0 aliphatic heterocycles. The molecule has 106 valence electrons. The Morgan fingerprint density at radius 1 is 1.30 bits per heavy atom. The Morgan fingerprint density at radius 2 is 2.05 bits per heavy atom.